The van der Waals surface area contributed by atoms with Crippen molar-refractivity contribution in [2.24, 2.45) is 5.92 Å². The average Bonchev–Trinajstić information content (AvgIpc) is 3.25. The molecular weight excluding hydrogens is 446 g/mol. The van der Waals surface area contributed by atoms with Gasteiger partial charge in [0.15, 0.2) is 0 Å². The molecule has 0 fully saturated rings. The van der Waals surface area contributed by atoms with Crippen LogP contribution in [0.25, 0.3) is 10.9 Å². The molecule has 5 rings (SSSR count). The number of hydrogen-bond acceptors (Lipinski definition) is 3. The van der Waals surface area contributed by atoms with Gasteiger partial charge in [0.05, 0.1) is 6.42 Å². The van der Waals surface area contributed by atoms with E-state index in [1.54, 1.807) is 0 Å². The third-order valence-corrected chi connectivity index (χ3v) is 8.08. The second kappa shape index (κ2) is 10.2. The van der Waals surface area contributed by atoms with Crippen LogP contribution in [0.5, 0.6) is 11.5 Å². The zero-order valence-electron chi connectivity index (χ0n) is 22.2. The van der Waals surface area contributed by atoms with Gasteiger partial charge in [-0.05, 0) is 82.2 Å². The molecule has 4 nitrogen and oxygen atoms in total. The minimum absolute atomic E-state index is 0.189. The van der Waals surface area contributed by atoms with Crippen LogP contribution in [0, 0.1) is 5.92 Å². The zero-order chi connectivity index (χ0) is 25.3. The number of ether oxygens (including phenoxy) is 2. The zero-order valence-corrected chi connectivity index (χ0v) is 22.2. The summed E-state index contributed by atoms with van der Waals surface area (Å²) in [6.07, 6.45) is 12.0. The number of allylic oxidation sites excluding steroid dienone is 2. The average molecular weight is 486 g/mol. The summed E-state index contributed by atoms with van der Waals surface area (Å²) in [6, 6.07) is 12.5. The van der Waals surface area contributed by atoms with Crippen molar-refractivity contribution in [1.29, 1.82) is 0 Å². The van der Waals surface area contributed by atoms with E-state index in [1.165, 1.54) is 29.4 Å². The van der Waals surface area contributed by atoms with Gasteiger partial charge in [-0.25, -0.2) is 0 Å². The van der Waals surface area contributed by atoms with Crippen molar-refractivity contribution in [2.45, 2.75) is 90.6 Å². The van der Waals surface area contributed by atoms with E-state index in [4.69, 9.17) is 9.47 Å². The van der Waals surface area contributed by atoms with Gasteiger partial charge in [-0.3, -0.25) is 4.79 Å². The quantitative estimate of drug-likeness (QED) is 0.152. The van der Waals surface area contributed by atoms with E-state index in [0.29, 0.717) is 24.5 Å². The molecule has 0 amide bonds. The number of nitrogens with one attached hydrogen (secondary N) is 1. The Morgan fingerprint density at radius 1 is 1.17 bits per heavy atom. The Hall–Kier alpha value is -3.01. The molecule has 1 aliphatic carbocycles. The molecule has 0 saturated carbocycles. The van der Waals surface area contributed by atoms with Crippen LogP contribution in [0.3, 0.4) is 0 Å². The first-order chi connectivity index (χ1) is 17.4. The van der Waals surface area contributed by atoms with Crippen LogP contribution in [0.15, 0.2) is 54.2 Å². The Bertz CT molecular complexity index is 1280. The topological polar surface area (TPSA) is 51.3 Å². The molecular formula is C32H39NO3. The van der Waals surface area contributed by atoms with Crippen molar-refractivity contribution in [3.05, 3.63) is 70.9 Å². The summed E-state index contributed by atoms with van der Waals surface area (Å²) in [5.74, 6) is 1.97. The molecule has 2 heterocycles. The van der Waals surface area contributed by atoms with Gasteiger partial charge < -0.3 is 14.5 Å². The number of esters is 1. The van der Waals surface area contributed by atoms with Gasteiger partial charge in [-0.2, -0.15) is 0 Å². The number of unbranched alkanes of at least 4 members (excludes halogenated alkanes) is 2. The molecule has 2 atom stereocenters. The molecule has 2 aliphatic rings. The number of carbonyl (C=O) groups excluding carboxylic acids is 1. The molecule has 1 aromatic heterocycles. The van der Waals surface area contributed by atoms with Crippen LogP contribution in [-0.2, 0) is 17.6 Å². The fourth-order valence-corrected chi connectivity index (χ4v) is 6.12. The molecule has 2 aromatic carbocycles. The number of rotatable bonds is 8. The summed E-state index contributed by atoms with van der Waals surface area (Å²) in [4.78, 5) is 16.5. The van der Waals surface area contributed by atoms with Crippen LogP contribution in [-0.4, -0.2) is 16.6 Å². The number of hydrogen-bond donors (Lipinski definition) is 1. The molecule has 3 aromatic rings. The second-order valence-electron chi connectivity index (χ2n) is 11.2. The lowest BCUT2D eigenvalue weighted by Gasteiger charge is -2.46. The van der Waals surface area contributed by atoms with Crippen LogP contribution < -0.4 is 9.47 Å². The summed E-state index contributed by atoms with van der Waals surface area (Å²) in [6.45, 7) is 8.85. The molecule has 190 valence electrons. The van der Waals surface area contributed by atoms with Crippen LogP contribution in [0.4, 0.5) is 0 Å². The first kappa shape index (κ1) is 24.7. The SMILES string of the molecule is CCCCCc1cc(OC(=O)CCc2c[nH]c3ccccc23)c2c(c1)OC(C)(C)C1CCC(C)=CC21. The molecule has 0 saturated heterocycles. The summed E-state index contributed by atoms with van der Waals surface area (Å²) in [7, 11) is 0. The first-order valence-corrected chi connectivity index (χ1v) is 13.6. The van der Waals surface area contributed by atoms with Gasteiger partial charge in [0.25, 0.3) is 0 Å². The van der Waals surface area contributed by atoms with Crippen molar-refractivity contribution in [2.75, 3.05) is 0 Å². The number of para-hydroxylation sites is 1. The largest absolute Gasteiger partial charge is 0.487 e. The van der Waals surface area contributed by atoms with Crippen LogP contribution in [0.1, 0.15) is 88.8 Å². The standard InChI is InChI=1S/C32H39NO3/c1-5-6-7-10-22-18-28(35-30(34)16-14-23-20-33-27-12-9-8-11-24(23)27)31-25-17-21(2)13-15-26(25)32(3,4)36-29(31)19-22/h8-9,11-12,17-20,25-26,33H,5-7,10,13-16H2,1-4H3. The number of H-pyrrole nitrogens is 1. The van der Waals surface area contributed by atoms with Crippen molar-refractivity contribution in [1.82, 2.24) is 4.98 Å². The van der Waals surface area contributed by atoms with Crippen molar-refractivity contribution in [3.63, 3.8) is 0 Å². The van der Waals surface area contributed by atoms with E-state index in [0.717, 1.165) is 48.1 Å². The van der Waals surface area contributed by atoms with Gasteiger partial charge in [0.1, 0.15) is 17.1 Å². The monoisotopic (exact) mass is 485 g/mol. The third kappa shape index (κ3) is 4.96. The first-order valence-electron chi connectivity index (χ1n) is 13.6. The summed E-state index contributed by atoms with van der Waals surface area (Å²) in [5, 5.41) is 1.17. The molecule has 36 heavy (non-hydrogen) atoms. The molecule has 2 unspecified atom stereocenters. The molecule has 0 radical (unpaired) electrons. The third-order valence-electron chi connectivity index (χ3n) is 8.08. The Morgan fingerprint density at radius 2 is 2.00 bits per heavy atom. The molecule has 0 spiro atoms. The maximum Gasteiger partial charge on any atom is 0.311 e. The predicted octanol–water partition coefficient (Wildman–Crippen LogP) is 8.05. The van der Waals surface area contributed by atoms with Gasteiger partial charge in [-0.15, -0.1) is 0 Å². The lowest BCUT2D eigenvalue weighted by molar-refractivity contribution is -0.134. The predicted molar refractivity (Wildman–Crippen MR) is 146 cm³/mol. The summed E-state index contributed by atoms with van der Waals surface area (Å²) >= 11 is 0. The number of carbonyl (C=O) groups is 1. The summed E-state index contributed by atoms with van der Waals surface area (Å²) in [5.41, 5.74) is 5.64. The maximum absolute atomic E-state index is 13.2. The highest BCUT2D eigenvalue weighted by molar-refractivity contribution is 5.84. The summed E-state index contributed by atoms with van der Waals surface area (Å²) < 4.78 is 12.8. The smallest absolute Gasteiger partial charge is 0.311 e. The molecule has 1 N–H and O–H groups in total. The number of aryl methyl sites for hydroxylation is 2. The lowest BCUT2D eigenvalue weighted by atomic mass is 9.68. The lowest BCUT2D eigenvalue weighted by Crippen LogP contribution is -2.45. The van der Waals surface area contributed by atoms with Crippen molar-refractivity contribution in [3.8, 4) is 11.5 Å². The Labute approximate surface area is 215 Å². The van der Waals surface area contributed by atoms with Crippen LogP contribution >= 0.6 is 0 Å². The second-order valence-corrected chi connectivity index (χ2v) is 11.2. The Morgan fingerprint density at radius 3 is 2.83 bits per heavy atom. The number of aromatic amines is 1. The van der Waals surface area contributed by atoms with Crippen molar-refractivity contribution >= 4 is 16.9 Å². The molecule has 1 aliphatic heterocycles. The van der Waals surface area contributed by atoms with E-state index in [2.05, 4.69) is 63.0 Å². The molecule has 0 bridgehead atoms. The Kier molecular flexibility index (Phi) is 6.96. The van der Waals surface area contributed by atoms with Crippen molar-refractivity contribution < 1.29 is 14.3 Å². The van der Waals surface area contributed by atoms with Gasteiger partial charge in [0.2, 0.25) is 0 Å². The normalized spacial score (nSPS) is 20.3. The van der Waals surface area contributed by atoms with Crippen LogP contribution in [0.2, 0.25) is 0 Å². The number of benzene rings is 2. The minimum Gasteiger partial charge on any atom is -0.487 e. The van der Waals surface area contributed by atoms with E-state index in [1.807, 2.05) is 18.3 Å². The minimum atomic E-state index is -0.256. The van der Waals surface area contributed by atoms with E-state index < -0.39 is 0 Å². The Balaban J connectivity index is 1.43. The maximum atomic E-state index is 13.2. The van der Waals surface area contributed by atoms with E-state index >= 15 is 0 Å². The van der Waals surface area contributed by atoms with E-state index in [-0.39, 0.29) is 17.5 Å². The van der Waals surface area contributed by atoms with Gasteiger partial charge in [-0.1, -0.05) is 49.6 Å². The molecule has 4 heteroatoms. The highest BCUT2D eigenvalue weighted by Crippen LogP contribution is 2.53. The van der Waals surface area contributed by atoms with E-state index in [9.17, 15) is 4.79 Å². The fourth-order valence-electron chi connectivity index (χ4n) is 6.12. The number of fused-ring (bicyclic) bond motifs is 4. The number of aromatic nitrogens is 1. The van der Waals surface area contributed by atoms with Gasteiger partial charge >= 0.3 is 5.97 Å². The fraction of sp³-hybridized carbons (Fsp3) is 0.469. The highest BCUT2D eigenvalue weighted by Gasteiger charge is 2.45. The van der Waals surface area contributed by atoms with Gasteiger partial charge in [0, 0.05) is 34.5 Å². The highest BCUT2D eigenvalue weighted by atomic mass is 16.5.